The van der Waals surface area contributed by atoms with Gasteiger partial charge in [0.1, 0.15) is 24.4 Å². The maximum atomic E-state index is 11.5. The average molecular weight is 408 g/mol. The highest BCUT2D eigenvalue weighted by atomic mass is 31.1. The van der Waals surface area contributed by atoms with Crippen LogP contribution in [0.3, 0.4) is 0 Å². The van der Waals surface area contributed by atoms with E-state index in [2.05, 4.69) is 5.32 Å². The molecule has 0 aliphatic rings. The number of carbonyl (C=O) groups excluding carboxylic acids is 2. The first kappa shape index (κ1) is 25.8. The van der Waals surface area contributed by atoms with Gasteiger partial charge in [0.2, 0.25) is 0 Å². The quantitative estimate of drug-likeness (QED) is 0.288. The summed E-state index contributed by atoms with van der Waals surface area (Å²) in [6.07, 6.45) is 2.38. The second-order valence-corrected chi connectivity index (χ2v) is 9.03. The Morgan fingerprint density at radius 1 is 0.815 bits per heavy atom. The monoisotopic (exact) mass is 408 g/mol. The summed E-state index contributed by atoms with van der Waals surface area (Å²) >= 11 is 0. The minimum atomic E-state index is -2.16. The SMILES string of the molecule is CC(C)(C)OC(=O)CCCCO[P+](=O)OCCCCNC(=O)OC(C)(C)C. The van der Waals surface area contributed by atoms with Gasteiger partial charge in [-0.1, -0.05) is 0 Å². The van der Waals surface area contributed by atoms with Crippen LogP contribution in [-0.2, 0) is 27.9 Å². The number of rotatable bonds is 12. The number of esters is 1. The van der Waals surface area contributed by atoms with E-state index in [0.717, 1.165) is 0 Å². The Kier molecular flexibility index (Phi) is 12.4. The van der Waals surface area contributed by atoms with Crippen LogP contribution in [0.15, 0.2) is 0 Å². The summed E-state index contributed by atoms with van der Waals surface area (Å²) in [5.74, 6) is -0.247. The lowest BCUT2D eigenvalue weighted by atomic mass is 10.2. The molecule has 0 heterocycles. The Morgan fingerprint density at radius 2 is 1.33 bits per heavy atom. The molecule has 9 heteroatoms. The molecule has 8 nitrogen and oxygen atoms in total. The molecule has 1 N–H and O–H groups in total. The van der Waals surface area contributed by atoms with E-state index >= 15 is 0 Å². The van der Waals surface area contributed by atoms with E-state index in [1.807, 2.05) is 20.8 Å². The van der Waals surface area contributed by atoms with E-state index in [-0.39, 0.29) is 19.2 Å². The maximum absolute atomic E-state index is 11.5. The van der Waals surface area contributed by atoms with E-state index in [0.29, 0.717) is 38.6 Å². The highest BCUT2D eigenvalue weighted by molar-refractivity contribution is 7.33. The smallest absolute Gasteiger partial charge is 0.460 e. The van der Waals surface area contributed by atoms with Crippen LogP contribution in [0.4, 0.5) is 4.79 Å². The third-order valence-electron chi connectivity index (χ3n) is 2.83. The number of amides is 1. The Morgan fingerprint density at radius 3 is 1.85 bits per heavy atom. The molecule has 0 aromatic rings. The highest BCUT2D eigenvalue weighted by Gasteiger charge is 2.20. The van der Waals surface area contributed by atoms with Crippen molar-refractivity contribution >= 4 is 20.3 Å². The van der Waals surface area contributed by atoms with Gasteiger partial charge in [-0.3, -0.25) is 4.79 Å². The minimum absolute atomic E-state index is 0.247. The molecule has 0 aromatic carbocycles. The van der Waals surface area contributed by atoms with Crippen LogP contribution in [0.1, 0.15) is 73.6 Å². The number of carbonyl (C=O) groups is 2. The minimum Gasteiger partial charge on any atom is -0.460 e. The van der Waals surface area contributed by atoms with Gasteiger partial charge < -0.3 is 14.8 Å². The number of unbranched alkanes of at least 4 members (excludes halogenated alkanes) is 2. The molecule has 1 unspecified atom stereocenters. The van der Waals surface area contributed by atoms with Gasteiger partial charge in [0.15, 0.2) is 0 Å². The van der Waals surface area contributed by atoms with Crippen molar-refractivity contribution in [1.29, 1.82) is 0 Å². The zero-order valence-electron chi connectivity index (χ0n) is 17.5. The molecule has 0 bridgehead atoms. The molecule has 0 aliphatic carbocycles. The molecule has 0 radical (unpaired) electrons. The first-order valence-electron chi connectivity index (χ1n) is 9.31. The lowest BCUT2D eigenvalue weighted by Crippen LogP contribution is -2.33. The van der Waals surface area contributed by atoms with Crippen LogP contribution < -0.4 is 5.32 Å². The topological polar surface area (TPSA) is 100 Å². The molecular formula is C18H35NO7P+. The number of ether oxygens (including phenoxy) is 2. The molecule has 0 saturated carbocycles. The van der Waals surface area contributed by atoms with E-state index in [4.69, 9.17) is 18.5 Å². The summed E-state index contributed by atoms with van der Waals surface area (Å²) in [6.45, 7) is 11.9. The zero-order chi connectivity index (χ0) is 20.9. The van der Waals surface area contributed by atoms with Crippen molar-refractivity contribution in [3.63, 3.8) is 0 Å². The predicted octanol–water partition coefficient (Wildman–Crippen LogP) is 4.49. The lowest BCUT2D eigenvalue weighted by molar-refractivity contribution is -0.154. The molecule has 158 valence electrons. The van der Waals surface area contributed by atoms with E-state index in [1.54, 1.807) is 20.8 Å². The molecule has 0 spiro atoms. The Hall–Kier alpha value is -1.24. The van der Waals surface area contributed by atoms with Crippen molar-refractivity contribution in [2.45, 2.75) is 84.8 Å². The van der Waals surface area contributed by atoms with Gasteiger partial charge in [-0.25, -0.2) is 4.79 Å². The Bertz CT molecular complexity index is 469. The first-order chi connectivity index (χ1) is 12.4. The molecular weight excluding hydrogens is 373 g/mol. The molecule has 0 aliphatic heterocycles. The van der Waals surface area contributed by atoms with Crippen molar-refractivity contribution in [2.24, 2.45) is 0 Å². The highest BCUT2D eigenvalue weighted by Crippen LogP contribution is 2.24. The van der Waals surface area contributed by atoms with Crippen LogP contribution in [0.5, 0.6) is 0 Å². The maximum Gasteiger partial charge on any atom is 0.697 e. The van der Waals surface area contributed by atoms with Gasteiger partial charge in [-0.2, -0.15) is 0 Å². The van der Waals surface area contributed by atoms with Gasteiger partial charge >= 0.3 is 20.3 Å². The van der Waals surface area contributed by atoms with Gasteiger partial charge in [0, 0.05) is 17.5 Å². The third-order valence-corrected chi connectivity index (χ3v) is 3.61. The van der Waals surface area contributed by atoms with Crippen LogP contribution in [0, 0.1) is 0 Å². The Balaban J connectivity index is 3.52. The first-order valence-corrected chi connectivity index (χ1v) is 10.4. The fourth-order valence-corrected chi connectivity index (χ4v) is 2.44. The van der Waals surface area contributed by atoms with E-state index < -0.39 is 25.6 Å². The summed E-state index contributed by atoms with van der Waals surface area (Å²) in [5, 5.41) is 2.64. The number of alkyl carbamates (subject to hydrolysis) is 1. The fourth-order valence-electron chi connectivity index (χ4n) is 1.81. The van der Waals surface area contributed by atoms with Crippen molar-refractivity contribution in [2.75, 3.05) is 19.8 Å². The molecule has 1 amide bonds. The van der Waals surface area contributed by atoms with E-state index in [1.165, 1.54) is 0 Å². The molecule has 1 atom stereocenters. The number of hydrogen-bond donors (Lipinski definition) is 1. The van der Waals surface area contributed by atoms with Crippen LogP contribution in [-0.4, -0.2) is 43.0 Å². The standard InChI is InChI=1S/C18H34NO7P/c1-17(2,3)25-15(20)11-7-9-13-23-27(22)24-14-10-8-12-19-16(21)26-18(4,5)6/h7-14H2,1-6H3/p+1. The van der Waals surface area contributed by atoms with Crippen molar-refractivity contribution < 1.29 is 32.7 Å². The fraction of sp³-hybridized carbons (Fsp3) is 0.889. The molecule has 0 saturated heterocycles. The normalized spacial score (nSPS) is 12.4. The molecule has 0 rings (SSSR count). The summed E-state index contributed by atoms with van der Waals surface area (Å²) in [6, 6.07) is 0. The second-order valence-electron chi connectivity index (χ2n) is 8.07. The van der Waals surface area contributed by atoms with Gasteiger partial charge in [-0.05, 0) is 67.2 Å². The molecule has 0 aromatic heterocycles. The van der Waals surface area contributed by atoms with Crippen LogP contribution in [0.2, 0.25) is 0 Å². The van der Waals surface area contributed by atoms with Crippen LogP contribution >= 0.6 is 8.25 Å². The van der Waals surface area contributed by atoms with Gasteiger partial charge in [0.25, 0.3) is 0 Å². The van der Waals surface area contributed by atoms with Crippen LogP contribution in [0.25, 0.3) is 0 Å². The lowest BCUT2D eigenvalue weighted by Gasteiger charge is -2.19. The largest absolute Gasteiger partial charge is 0.697 e. The van der Waals surface area contributed by atoms with Crippen molar-refractivity contribution in [3.05, 3.63) is 0 Å². The van der Waals surface area contributed by atoms with Gasteiger partial charge in [-0.15, -0.1) is 9.05 Å². The molecule has 27 heavy (non-hydrogen) atoms. The van der Waals surface area contributed by atoms with Crippen molar-refractivity contribution in [1.82, 2.24) is 5.32 Å². The summed E-state index contributed by atoms with van der Waals surface area (Å²) in [4.78, 5) is 22.9. The van der Waals surface area contributed by atoms with Crippen molar-refractivity contribution in [3.8, 4) is 0 Å². The third kappa shape index (κ3) is 19.3. The number of nitrogens with one attached hydrogen (secondary N) is 1. The molecule has 0 fully saturated rings. The second kappa shape index (κ2) is 13.0. The Labute approximate surface area is 163 Å². The number of hydrogen-bond acceptors (Lipinski definition) is 7. The summed E-state index contributed by atoms with van der Waals surface area (Å²) < 4.78 is 32.0. The van der Waals surface area contributed by atoms with Gasteiger partial charge in [0.05, 0.1) is 0 Å². The summed E-state index contributed by atoms with van der Waals surface area (Å²) in [5.41, 5.74) is -0.997. The van der Waals surface area contributed by atoms with E-state index in [9.17, 15) is 14.2 Å². The zero-order valence-corrected chi connectivity index (χ0v) is 18.4. The summed E-state index contributed by atoms with van der Waals surface area (Å²) in [7, 11) is -2.16. The average Bonchev–Trinajstić information content (AvgIpc) is 2.46. The predicted molar refractivity (Wildman–Crippen MR) is 103 cm³/mol.